The molecule has 2 nitrogen and oxygen atoms in total. The maximum absolute atomic E-state index is 3.55. The highest BCUT2D eigenvalue weighted by atomic mass is 15.2. The van der Waals surface area contributed by atoms with Gasteiger partial charge in [0.15, 0.2) is 0 Å². The zero-order chi connectivity index (χ0) is 11.4. The number of hydrogen-bond donors (Lipinski definition) is 1. The van der Waals surface area contributed by atoms with Gasteiger partial charge in [0.1, 0.15) is 0 Å². The van der Waals surface area contributed by atoms with Crippen molar-refractivity contribution in [3.05, 3.63) is 0 Å². The van der Waals surface area contributed by atoms with Crippen molar-refractivity contribution < 1.29 is 0 Å². The minimum absolute atomic E-state index is 0.797. The quantitative estimate of drug-likeness (QED) is 0.793. The van der Waals surface area contributed by atoms with Gasteiger partial charge >= 0.3 is 0 Å². The van der Waals surface area contributed by atoms with Crippen molar-refractivity contribution in [2.24, 2.45) is 5.92 Å². The van der Waals surface area contributed by atoms with Crippen LogP contribution in [-0.4, -0.2) is 36.6 Å². The molecule has 1 N–H and O–H groups in total. The number of piperazine rings is 1. The molecule has 0 spiro atoms. The van der Waals surface area contributed by atoms with Gasteiger partial charge in [-0.25, -0.2) is 0 Å². The first kappa shape index (κ1) is 12.4. The molecule has 2 fully saturated rings. The molecule has 1 saturated carbocycles. The first-order valence-electron chi connectivity index (χ1n) is 7.33. The largest absolute Gasteiger partial charge is 0.314 e. The Morgan fingerprint density at radius 1 is 1.12 bits per heavy atom. The fourth-order valence-corrected chi connectivity index (χ4v) is 3.69. The third-order valence-electron chi connectivity index (χ3n) is 4.69. The lowest BCUT2D eigenvalue weighted by Crippen LogP contribution is -2.57. The van der Waals surface area contributed by atoms with Gasteiger partial charge in [0.25, 0.3) is 0 Å². The summed E-state index contributed by atoms with van der Waals surface area (Å²) in [7, 11) is 0. The standard InChI is InChI=1S/C14H28N2/c1-3-12-7-5-6-8-14(12)16-10-9-15-11-13(16)4-2/h12-15H,3-11H2,1-2H3. The van der Waals surface area contributed by atoms with Crippen LogP contribution in [0.15, 0.2) is 0 Å². The van der Waals surface area contributed by atoms with E-state index in [1.165, 1.54) is 58.2 Å². The lowest BCUT2D eigenvalue weighted by molar-refractivity contribution is 0.0433. The monoisotopic (exact) mass is 224 g/mol. The van der Waals surface area contributed by atoms with Gasteiger partial charge < -0.3 is 5.32 Å². The molecule has 3 unspecified atom stereocenters. The van der Waals surface area contributed by atoms with Crippen LogP contribution in [0.5, 0.6) is 0 Å². The van der Waals surface area contributed by atoms with E-state index in [1.54, 1.807) is 0 Å². The van der Waals surface area contributed by atoms with Crippen molar-refractivity contribution >= 4 is 0 Å². The van der Waals surface area contributed by atoms with Gasteiger partial charge in [0.2, 0.25) is 0 Å². The van der Waals surface area contributed by atoms with E-state index in [0.29, 0.717) is 0 Å². The number of hydrogen-bond acceptors (Lipinski definition) is 2. The second-order valence-corrected chi connectivity index (χ2v) is 5.52. The molecule has 1 heterocycles. The summed E-state index contributed by atoms with van der Waals surface area (Å²) in [4.78, 5) is 2.84. The first-order chi connectivity index (χ1) is 7.86. The molecule has 0 amide bonds. The maximum atomic E-state index is 3.55. The summed E-state index contributed by atoms with van der Waals surface area (Å²) in [6, 6.07) is 1.69. The van der Waals surface area contributed by atoms with Crippen molar-refractivity contribution in [3.63, 3.8) is 0 Å². The zero-order valence-electron chi connectivity index (χ0n) is 11.0. The highest BCUT2D eigenvalue weighted by Gasteiger charge is 2.33. The highest BCUT2D eigenvalue weighted by Crippen LogP contribution is 2.32. The van der Waals surface area contributed by atoms with Crippen LogP contribution in [0.3, 0.4) is 0 Å². The smallest absolute Gasteiger partial charge is 0.0221 e. The van der Waals surface area contributed by atoms with Crippen molar-refractivity contribution in [2.75, 3.05) is 19.6 Å². The molecule has 0 bridgehead atoms. The van der Waals surface area contributed by atoms with Gasteiger partial charge in [-0.1, -0.05) is 33.1 Å². The fourth-order valence-electron chi connectivity index (χ4n) is 3.69. The predicted molar refractivity (Wildman–Crippen MR) is 69.7 cm³/mol. The Morgan fingerprint density at radius 3 is 2.69 bits per heavy atom. The first-order valence-corrected chi connectivity index (χ1v) is 7.33. The molecule has 1 saturated heterocycles. The average Bonchev–Trinajstić information content (AvgIpc) is 2.38. The summed E-state index contributed by atoms with van der Waals surface area (Å²) in [5.74, 6) is 0.973. The minimum atomic E-state index is 0.797. The highest BCUT2D eigenvalue weighted by molar-refractivity contribution is 4.89. The van der Waals surface area contributed by atoms with Gasteiger partial charge in [-0.15, -0.1) is 0 Å². The predicted octanol–water partition coefficient (Wildman–Crippen LogP) is 2.64. The van der Waals surface area contributed by atoms with Crippen molar-refractivity contribution in [1.82, 2.24) is 10.2 Å². The summed E-state index contributed by atoms with van der Waals surface area (Å²) in [5, 5.41) is 3.55. The second kappa shape index (κ2) is 6.02. The van der Waals surface area contributed by atoms with E-state index in [9.17, 15) is 0 Å². The van der Waals surface area contributed by atoms with Crippen LogP contribution in [0.4, 0.5) is 0 Å². The normalized spacial score (nSPS) is 37.5. The van der Waals surface area contributed by atoms with E-state index < -0.39 is 0 Å². The van der Waals surface area contributed by atoms with Crippen LogP contribution in [0.1, 0.15) is 52.4 Å². The van der Waals surface area contributed by atoms with Crippen molar-refractivity contribution in [3.8, 4) is 0 Å². The molecule has 2 aliphatic rings. The van der Waals surface area contributed by atoms with Gasteiger partial charge in [-0.05, 0) is 25.2 Å². The Hall–Kier alpha value is -0.0800. The SMILES string of the molecule is CCC1CCCCC1N1CCNCC1CC. The lowest BCUT2D eigenvalue weighted by atomic mass is 9.81. The van der Waals surface area contributed by atoms with Crippen LogP contribution in [-0.2, 0) is 0 Å². The molecule has 1 aliphatic carbocycles. The van der Waals surface area contributed by atoms with Crippen LogP contribution in [0, 0.1) is 5.92 Å². The Labute approximate surface area is 101 Å². The molecule has 0 aromatic heterocycles. The Kier molecular flexibility index (Phi) is 4.66. The number of nitrogens with zero attached hydrogens (tertiary/aromatic N) is 1. The number of nitrogens with one attached hydrogen (secondary N) is 1. The van der Waals surface area contributed by atoms with Gasteiger partial charge in [-0.3, -0.25) is 4.90 Å². The minimum Gasteiger partial charge on any atom is -0.314 e. The van der Waals surface area contributed by atoms with Crippen molar-refractivity contribution in [1.29, 1.82) is 0 Å². The molecule has 0 radical (unpaired) electrons. The molecule has 0 aromatic carbocycles. The summed E-state index contributed by atoms with van der Waals surface area (Å²) < 4.78 is 0. The van der Waals surface area contributed by atoms with Crippen LogP contribution in [0.25, 0.3) is 0 Å². The number of rotatable bonds is 3. The molecule has 94 valence electrons. The summed E-state index contributed by atoms with van der Waals surface area (Å²) in [6.07, 6.45) is 8.54. The molecule has 1 aliphatic heterocycles. The summed E-state index contributed by atoms with van der Waals surface area (Å²) in [6.45, 7) is 8.41. The third-order valence-corrected chi connectivity index (χ3v) is 4.69. The van der Waals surface area contributed by atoms with E-state index >= 15 is 0 Å². The van der Waals surface area contributed by atoms with Gasteiger partial charge in [0, 0.05) is 31.7 Å². The van der Waals surface area contributed by atoms with E-state index in [-0.39, 0.29) is 0 Å². The van der Waals surface area contributed by atoms with Crippen LogP contribution < -0.4 is 5.32 Å². The third kappa shape index (κ3) is 2.60. The van der Waals surface area contributed by atoms with Gasteiger partial charge in [-0.2, -0.15) is 0 Å². The summed E-state index contributed by atoms with van der Waals surface area (Å²) >= 11 is 0. The lowest BCUT2D eigenvalue weighted by Gasteiger charge is -2.46. The molecule has 2 rings (SSSR count). The van der Waals surface area contributed by atoms with E-state index in [0.717, 1.165) is 18.0 Å². The van der Waals surface area contributed by atoms with Gasteiger partial charge in [0.05, 0.1) is 0 Å². The van der Waals surface area contributed by atoms with E-state index in [4.69, 9.17) is 0 Å². The maximum Gasteiger partial charge on any atom is 0.0221 e. The topological polar surface area (TPSA) is 15.3 Å². The molecule has 16 heavy (non-hydrogen) atoms. The van der Waals surface area contributed by atoms with E-state index in [1.807, 2.05) is 0 Å². The van der Waals surface area contributed by atoms with Crippen LogP contribution >= 0.6 is 0 Å². The Morgan fingerprint density at radius 2 is 1.94 bits per heavy atom. The Bertz CT molecular complexity index is 183. The summed E-state index contributed by atoms with van der Waals surface area (Å²) in [5.41, 5.74) is 0. The zero-order valence-corrected chi connectivity index (χ0v) is 11.0. The average molecular weight is 224 g/mol. The van der Waals surface area contributed by atoms with Crippen LogP contribution in [0.2, 0.25) is 0 Å². The Balaban J connectivity index is 2.01. The molecule has 0 aromatic rings. The molecular formula is C14H28N2. The van der Waals surface area contributed by atoms with Crippen molar-refractivity contribution in [2.45, 2.75) is 64.5 Å². The molecular weight excluding hydrogens is 196 g/mol. The molecule has 2 heteroatoms. The fraction of sp³-hybridized carbons (Fsp3) is 1.00. The molecule has 3 atom stereocenters. The second-order valence-electron chi connectivity index (χ2n) is 5.52. The van der Waals surface area contributed by atoms with E-state index in [2.05, 4.69) is 24.1 Å².